The molecular formula is C15H25ClN2O2. The van der Waals surface area contributed by atoms with Crippen LogP contribution in [0.2, 0.25) is 0 Å². The minimum Gasteiger partial charge on any atom is -0.508 e. The van der Waals surface area contributed by atoms with Gasteiger partial charge in [0.1, 0.15) is 5.75 Å². The average molecular weight is 301 g/mol. The molecule has 0 radical (unpaired) electrons. The molecule has 0 aromatic heterocycles. The Bertz CT molecular complexity index is 403. The molecule has 1 aromatic carbocycles. The number of aliphatic hydroxyl groups excluding tert-OH is 1. The number of piperazine rings is 1. The monoisotopic (exact) mass is 300 g/mol. The summed E-state index contributed by atoms with van der Waals surface area (Å²) >= 11 is 0. The van der Waals surface area contributed by atoms with Gasteiger partial charge in [-0.05, 0) is 17.7 Å². The second-order valence-electron chi connectivity index (χ2n) is 5.93. The van der Waals surface area contributed by atoms with Crippen LogP contribution in [0.25, 0.3) is 0 Å². The fourth-order valence-electron chi connectivity index (χ4n) is 2.84. The van der Waals surface area contributed by atoms with Crippen LogP contribution >= 0.6 is 12.4 Å². The van der Waals surface area contributed by atoms with Gasteiger partial charge in [-0.3, -0.25) is 4.90 Å². The lowest BCUT2D eigenvalue weighted by atomic mass is 9.79. The Labute approximate surface area is 127 Å². The zero-order valence-corrected chi connectivity index (χ0v) is 13.0. The van der Waals surface area contributed by atoms with Crippen molar-refractivity contribution in [3.8, 4) is 5.75 Å². The SMILES string of the molecule is CC(C)(CO)[C@@H](c1ccc(O)cc1)N1CCNCC1.Cl. The number of halogens is 1. The number of nitrogens with one attached hydrogen (secondary N) is 1. The van der Waals surface area contributed by atoms with Gasteiger partial charge in [0.05, 0.1) is 0 Å². The summed E-state index contributed by atoms with van der Waals surface area (Å²) in [5, 5.41) is 22.5. The van der Waals surface area contributed by atoms with Crippen LogP contribution in [0.15, 0.2) is 24.3 Å². The van der Waals surface area contributed by atoms with Gasteiger partial charge < -0.3 is 15.5 Å². The smallest absolute Gasteiger partial charge is 0.115 e. The van der Waals surface area contributed by atoms with Crippen LogP contribution < -0.4 is 5.32 Å². The number of phenols is 1. The molecule has 4 nitrogen and oxygen atoms in total. The van der Waals surface area contributed by atoms with E-state index in [1.807, 2.05) is 12.1 Å². The van der Waals surface area contributed by atoms with Crippen molar-refractivity contribution in [2.24, 2.45) is 5.41 Å². The first-order chi connectivity index (χ1) is 9.04. The molecule has 1 fully saturated rings. The van der Waals surface area contributed by atoms with Crippen molar-refractivity contribution < 1.29 is 10.2 Å². The third kappa shape index (κ3) is 3.85. The fraction of sp³-hybridized carbons (Fsp3) is 0.600. The minimum absolute atomic E-state index is 0. The number of aliphatic hydroxyl groups is 1. The topological polar surface area (TPSA) is 55.7 Å². The summed E-state index contributed by atoms with van der Waals surface area (Å²) in [7, 11) is 0. The van der Waals surface area contributed by atoms with Crippen LogP contribution in [-0.2, 0) is 0 Å². The molecule has 1 aliphatic rings. The highest BCUT2D eigenvalue weighted by Crippen LogP contribution is 2.38. The van der Waals surface area contributed by atoms with Crippen LogP contribution in [0.4, 0.5) is 0 Å². The lowest BCUT2D eigenvalue weighted by molar-refractivity contribution is 0.0305. The first-order valence-corrected chi connectivity index (χ1v) is 6.89. The summed E-state index contributed by atoms with van der Waals surface area (Å²) in [4.78, 5) is 2.42. The van der Waals surface area contributed by atoms with Gasteiger partial charge in [-0.25, -0.2) is 0 Å². The van der Waals surface area contributed by atoms with Crippen LogP contribution in [0.3, 0.4) is 0 Å². The summed E-state index contributed by atoms with van der Waals surface area (Å²) in [6.07, 6.45) is 0. The Balaban J connectivity index is 0.00000200. The summed E-state index contributed by atoms with van der Waals surface area (Å²) in [6.45, 7) is 8.25. The van der Waals surface area contributed by atoms with Gasteiger partial charge in [0.2, 0.25) is 0 Å². The lowest BCUT2D eigenvalue weighted by Crippen LogP contribution is -2.49. The molecule has 2 rings (SSSR count). The first-order valence-electron chi connectivity index (χ1n) is 6.89. The summed E-state index contributed by atoms with van der Waals surface area (Å²) in [5.41, 5.74) is 0.938. The largest absolute Gasteiger partial charge is 0.508 e. The second kappa shape index (κ2) is 7.27. The number of hydrogen-bond acceptors (Lipinski definition) is 4. The van der Waals surface area contributed by atoms with E-state index in [1.54, 1.807) is 12.1 Å². The van der Waals surface area contributed by atoms with Crippen molar-refractivity contribution in [3.63, 3.8) is 0 Å². The van der Waals surface area contributed by atoms with Gasteiger partial charge in [0.15, 0.2) is 0 Å². The minimum atomic E-state index is -0.214. The maximum Gasteiger partial charge on any atom is 0.115 e. The molecule has 1 saturated heterocycles. The Kier molecular flexibility index (Phi) is 6.27. The summed E-state index contributed by atoms with van der Waals surface area (Å²) in [5.74, 6) is 0.282. The third-order valence-corrected chi connectivity index (χ3v) is 3.87. The van der Waals surface area contributed by atoms with Crippen molar-refractivity contribution in [2.45, 2.75) is 19.9 Å². The normalized spacial score (nSPS) is 18.4. The summed E-state index contributed by atoms with van der Waals surface area (Å²) in [6, 6.07) is 7.52. The van der Waals surface area contributed by atoms with E-state index in [2.05, 4.69) is 24.1 Å². The van der Waals surface area contributed by atoms with Crippen molar-refractivity contribution in [2.75, 3.05) is 32.8 Å². The number of phenolic OH excluding ortho intramolecular Hbond substituents is 1. The van der Waals surface area contributed by atoms with Crippen LogP contribution in [0.1, 0.15) is 25.5 Å². The standard InChI is InChI=1S/C15H24N2O2.ClH/c1-15(2,11-18)14(17-9-7-16-8-10-17)12-3-5-13(19)6-4-12;/h3-6,14,16,18-19H,7-11H2,1-2H3;1H/t14-;/m1./s1. The Morgan fingerprint density at radius 2 is 1.75 bits per heavy atom. The molecule has 0 spiro atoms. The molecule has 20 heavy (non-hydrogen) atoms. The molecule has 114 valence electrons. The van der Waals surface area contributed by atoms with Crippen molar-refractivity contribution in [3.05, 3.63) is 29.8 Å². The Morgan fingerprint density at radius 3 is 2.25 bits per heavy atom. The lowest BCUT2D eigenvalue weighted by Gasteiger charge is -2.43. The number of hydrogen-bond donors (Lipinski definition) is 3. The molecule has 5 heteroatoms. The van der Waals surface area contributed by atoms with E-state index in [9.17, 15) is 10.2 Å². The maximum atomic E-state index is 9.72. The van der Waals surface area contributed by atoms with Crippen molar-refractivity contribution >= 4 is 12.4 Å². The second-order valence-corrected chi connectivity index (χ2v) is 5.93. The van der Waals surface area contributed by atoms with E-state index in [0.717, 1.165) is 31.7 Å². The highest BCUT2D eigenvalue weighted by Gasteiger charge is 2.35. The van der Waals surface area contributed by atoms with Crippen LogP contribution in [0, 0.1) is 5.41 Å². The van der Waals surface area contributed by atoms with Gasteiger partial charge in [0, 0.05) is 44.2 Å². The van der Waals surface area contributed by atoms with Gasteiger partial charge >= 0.3 is 0 Å². The molecule has 1 aliphatic heterocycles. The van der Waals surface area contributed by atoms with Crippen molar-refractivity contribution in [1.29, 1.82) is 0 Å². The van der Waals surface area contributed by atoms with Crippen LogP contribution in [-0.4, -0.2) is 47.9 Å². The Morgan fingerprint density at radius 1 is 1.20 bits per heavy atom. The van der Waals surface area contributed by atoms with E-state index in [-0.39, 0.29) is 36.2 Å². The molecule has 0 saturated carbocycles. The molecule has 1 atom stereocenters. The molecule has 0 unspecified atom stereocenters. The predicted octanol–water partition coefficient (Wildman–Crippen LogP) is 1.78. The number of nitrogens with zero attached hydrogens (tertiary/aromatic N) is 1. The van der Waals surface area contributed by atoms with E-state index in [1.165, 1.54) is 0 Å². The van der Waals surface area contributed by atoms with Gasteiger partial charge in [-0.1, -0.05) is 26.0 Å². The molecule has 3 N–H and O–H groups in total. The molecular weight excluding hydrogens is 276 g/mol. The van der Waals surface area contributed by atoms with Gasteiger partial charge in [-0.2, -0.15) is 0 Å². The zero-order valence-electron chi connectivity index (χ0n) is 12.2. The maximum absolute atomic E-state index is 9.72. The van der Waals surface area contributed by atoms with E-state index >= 15 is 0 Å². The number of rotatable bonds is 4. The quantitative estimate of drug-likeness (QED) is 0.793. The molecule has 0 amide bonds. The first kappa shape index (κ1) is 17.2. The summed E-state index contributed by atoms with van der Waals surface area (Å²) < 4.78 is 0. The van der Waals surface area contributed by atoms with Gasteiger partial charge in [0.25, 0.3) is 0 Å². The van der Waals surface area contributed by atoms with Gasteiger partial charge in [-0.15, -0.1) is 12.4 Å². The molecule has 0 bridgehead atoms. The zero-order chi connectivity index (χ0) is 13.9. The third-order valence-electron chi connectivity index (χ3n) is 3.87. The van der Waals surface area contributed by atoms with E-state index in [4.69, 9.17) is 0 Å². The average Bonchev–Trinajstić information content (AvgIpc) is 2.42. The molecule has 0 aliphatic carbocycles. The number of benzene rings is 1. The van der Waals surface area contributed by atoms with E-state index in [0.29, 0.717) is 0 Å². The highest BCUT2D eigenvalue weighted by atomic mass is 35.5. The number of aromatic hydroxyl groups is 1. The van der Waals surface area contributed by atoms with Crippen LogP contribution in [0.5, 0.6) is 5.75 Å². The Hall–Kier alpha value is -0.810. The molecule has 1 heterocycles. The highest BCUT2D eigenvalue weighted by molar-refractivity contribution is 5.85. The van der Waals surface area contributed by atoms with E-state index < -0.39 is 0 Å². The fourth-order valence-corrected chi connectivity index (χ4v) is 2.84. The van der Waals surface area contributed by atoms with Crippen molar-refractivity contribution in [1.82, 2.24) is 10.2 Å². The predicted molar refractivity (Wildman–Crippen MR) is 83.4 cm³/mol. The molecule has 1 aromatic rings.